The Morgan fingerprint density at radius 3 is 2.63 bits per heavy atom. The SMILES string of the molecule is Cc1cn2nc(-c3nc4ccccn4c(=O)c3-c3ccccn3)ccc2n1. The van der Waals surface area contributed by atoms with E-state index < -0.39 is 0 Å². The minimum absolute atomic E-state index is 0.182. The van der Waals surface area contributed by atoms with Crippen LogP contribution in [0.1, 0.15) is 5.69 Å². The second-order valence-electron chi connectivity index (χ2n) is 6.19. The lowest BCUT2D eigenvalue weighted by atomic mass is 10.1. The van der Waals surface area contributed by atoms with Crippen molar-refractivity contribution in [2.45, 2.75) is 6.92 Å². The van der Waals surface area contributed by atoms with Crippen LogP contribution in [0, 0.1) is 6.92 Å². The zero-order valence-corrected chi connectivity index (χ0v) is 14.4. The molecule has 5 aromatic rings. The van der Waals surface area contributed by atoms with Crippen LogP contribution in [-0.4, -0.2) is 29.0 Å². The molecule has 130 valence electrons. The molecule has 0 spiro atoms. The Hall–Kier alpha value is -3.87. The van der Waals surface area contributed by atoms with Crippen molar-refractivity contribution in [1.29, 1.82) is 0 Å². The summed E-state index contributed by atoms with van der Waals surface area (Å²) in [6.07, 6.45) is 5.21. The van der Waals surface area contributed by atoms with Crippen molar-refractivity contribution in [2.24, 2.45) is 0 Å². The summed E-state index contributed by atoms with van der Waals surface area (Å²) in [5.74, 6) is 0. The van der Waals surface area contributed by atoms with Crippen LogP contribution in [0.25, 0.3) is 33.9 Å². The second kappa shape index (κ2) is 5.84. The van der Waals surface area contributed by atoms with Gasteiger partial charge in [0.2, 0.25) is 0 Å². The maximum atomic E-state index is 13.2. The Morgan fingerprint density at radius 1 is 0.889 bits per heavy atom. The molecule has 7 heteroatoms. The van der Waals surface area contributed by atoms with Gasteiger partial charge in [0.25, 0.3) is 5.56 Å². The molecule has 5 aromatic heterocycles. The van der Waals surface area contributed by atoms with E-state index in [2.05, 4.69) is 15.1 Å². The minimum atomic E-state index is -0.182. The van der Waals surface area contributed by atoms with Gasteiger partial charge in [0.05, 0.1) is 23.1 Å². The fourth-order valence-electron chi connectivity index (χ4n) is 3.14. The van der Waals surface area contributed by atoms with Gasteiger partial charge in [0.1, 0.15) is 17.0 Å². The molecular formula is C20H14N6O. The van der Waals surface area contributed by atoms with Crippen LogP contribution in [-0.2, 0) is 0 Å². The van der Waals surface area contributed by atoms with Crippen molar-refractivity contribution < 1.29 is 0 Å². The predicted octanol–water partition coefficient (Wildman–Crippen LogP) is 2.77. The lowest BCUT2D eigenvalue weighted by molar-refractivity contribution is 0.933. The third-order valence-electron chi connectivity index (χ3n) is 4.34. The first-order chi connectivity index (χ1) is 13.2. The average molecular weight is 354 g/mol. The van der Waals surface area contributed by atoms with Crippen LogP contribution >= 0.6 is 0 Å². The van der Waals surface area contributed by atoms with E-state index in [-0.39, 0.29) is 5.56 Å². The second-order valence-corrected chi connectivity index (χ2v) is 6.19. The highest BCUT2D eigenvalue weighted by Gasteiger charge is 2.18. The zero-order chi connectivity index (χ0) is 18.4. The van der Waals surface area contributed by atoms with Crippen molar-refractivity contribution in [3.05, 3.63) is 83.2 Å². The fraction of sp³-hybridized carbons (Fsp3) is 0.0500. The smallest absolute Gasteiger partial charge is 0.268 e. The van der Waals surface area contributed by atoms with Crippen molar-refractivity contribution in [3.8, 4) is 22.6 Å². The highest BCUT2D eigenvalue weighted by atomic mass is 16.1. The van der Waals surface area contributed by atoms with E-state index in [1.807, 2.05) is 43.5 Å². The quantitative estimate of drug-likeness (QED) is 0.487. The first kappa shape index (κ1) is 15.4. The Bertz CT molecular complexity index is 1350. The number of rotatable bonds is 2. The third kappa shape index (κ3) is 2.48. The largest absolute Gasteiger partial charge is 0.268 e. The summed E-state index contributed by atoms with van der Waals surface area (Å²) in [4.78, 5) is 26.7. The van der Waals surface area contributed by atoms with Gasteiger partial charge in [0.15, 0.2) is 5.65 Å². The fourth-order valence-corrected chi connectivity index (χ4v) is 3.14. The molecule has 0 saturated heterocycles. The van der Waals surface area contributed by atoms with E-state index in [4.69, 9.17) is 4.98 Å². The molecule has 0 aromatic carbocycles. The summed E-state index contributed by atoms with van der Waals surface area (Å²) in [6, 6.07) is 14.6. The molecule has 5 rings (SSSR count). The summed E-state index contributed by atoms with van der Waals surface area (Å²) in [6.45, 7) is 1.91. The van der Waals surface area contributed by atoms with E-state index in [1.165, 1.54) is 4.40 Å². The van der Waals surface area contributed by atoms with Gasteiger partial charge in [-0.25, -0.2) is 14.5 Å². The molecule has 5 heterocycles. The Balaban J connectivity index is 1.88. The van der Waals surface area contributed by atoms with Gasteiger partial charge in [-0.15, -0.1) is 0 Å². The van der Waals surface area contributed by atoms with Crippen LogP contribution in [0.15, 0.2) is 71.9 Å². The molecule has 0 aliphatic heterocycles. The van der Waals surface area contributed by atoms with Crippen molar-refractivity contribution in [1.82, 2.24) is 29.0 Å². The molecule has 0 N–H and O–H groups in total. The number of aryl methyl sites for hydroxylation is 1. The minimum Gasteiger partial charge on any atom is -0.268 e. The first-order valence-corrected chi connectivity index (χ1v) is 8.47. The predicted molar refractivity (Wildman–Crippen MR) is 101 cm³/mol. The van der Waals surface area contributed by atoms with E-state index >= 15 is 0 Å². The van der Waals surface area contributed by atoms with E-state index in [0.29, 0.717) is 28.3 Å². The number of hydrogen-bond acceptors (Lipinski definition) is 5. The molecule has 0 aliphatic carbocycles. The molecule has 0 aliphatic rings. The summed E-state index contributed by atoms with van der Waals surface area (Å²) < 4.78 is 3.22. The first-order valence-electron chi connectivity index (χ1n) is 8.47. The van der Waals surface area contributed by atoms with E-state index in [0.717, 1.165) is 11.3 Å². The molecule has 0 bridgehead atoms. The molecule has 7 nitrogen and oxygen atoms in total. The summed E-state index contributed by atoms with van der Waals surface area (Å²) >= 11 is 0. The third-order valence-corrected chi connectivity index (χ3v) is 4.34. The lowest BCUT2D eigenvalue weighted by Crippen LogP contribution is -2.19. The molecule has 0 radical (unpaired) electrons. The topological polar surface area (TPSA) is 77.5 Å². The number of nitrogens with zero attached hydrogens (tertiary/aromatic N) is 6. The van der Waals surface area contributed by atoms with Crippen molar-refractivity contribution in [2.75, 3.05) is 0 Å². The lowest BCUT2D eigenvalue weighted by Gasteiger charge is -2.10. The molecule has 0 saturated carbocycles. The molecule has 0 fully saturated rings. The van der Waals surface area contributed by atoms with Crippen LogP contribution in [0.2, 0.25) is 0 Å². The number of pyridine rings is 2. The van der Waals surface area contributed by atoms with Gasteiger partial charge in [-0.05, 0) is 43.3 Å². The summed E-state index contributed by atoms with van der Waals surface area (Å²) in [5.41, 5.74) is 4.06. The maximum Gasteiger partial charge on any atom is 0.268 e. The van der Waals surface area contributed by atoms with Crippen LogP contribution in [0.5, 0.6) is 0 Å². The van der Waals surface area contributed by atoms with Crippen LogP contribution in [0.4, 0.5) is 0 Å². The molecular weight excluding hydrogens is 340 g/mol. The normalized spacial score (nSPS) is 11.3. The van der Waals surface area contributed by atoms with Gasteiger partial charge in [0, 0.05) is 12.4 Å². The molecule has 0 unspecified atom stereocenters. The summed E-state index contributed by atoms with van der Waals surface area (Å²) in [5, 5.41) is 4.62. The van der Waals surface area contributed by atoms with Crippen molar-refractivity contribution in [3.63, 3.8) is 0 Å². The number of imidazole rings is 1. The van der Waals surface area contributed by atoms with E-state index in [9.17, 15) is 4.79 Å². The van der Waals surface area contributed by atoms with Gasteiger partial charge < -0.3 is 0 Å². The average Bonchev–Trinajstić information content (AvgIpc) is 3.07. The zero-order valence-electron chi connectivity index (χ0n) is 14.4. The number of hydrogen-bond donors (Lipinski definition) is 0. The Kier molecular flexibility index (Phi) is 3.33. The Labute approximate surface area is 153 Å². The molecule has 0 atom stereocenters. The number of aromatic nitrogens is 6. The highest BCUT2D eigenvalue weighted by Crippen LogP contribution is 2.25. The van der Waals surface area contributed by atoms with Gasteiger partial charge in [-0.3, -0.25) is 14.2 Å². The standard InChI is InChI=1S/C20H14N6O/c1-13-12-26-17(22-13)9-8-15(24-26)19-18(14-6-2-4-10-21-14)20(27)25-11-5-3-7-16(25)23-19/h2-12H,1H3. The monoisotopic (exact) mass is 354 g/mol. The maximum absolute atomic E-state index is 13.2. The Morgan fingerprint density at radius 2 is 1.78 bits per heavy atom. The van der Waals surface area contributed by atoms with E-state index in [1.54, 1.807) is 35.1 Å². The van der Waals surface area contributed by atoms with Gasteiger partial charge in [-0.2, -0.15) is 5.10 Å². The highest BCUT2D eigenvalue weighted by molar-refractivity contribution is 5.78. The van der Waals surface area contributed by atoms with Gasteiger partial charge in [-0.1, -0.05) is 12.1 Å². The summed E-state index contributed by atoms with van der Waals surface area (Å²) in [7, 11) is 0. The number of fused-ring (bicyclic) bond motifs is 2. The van der Waals surface area contributed by atoms with Crippen molar-refractivity contribution >= 4 is 11.3 Å². The molecule has 27 heavy (non-hydrogen) atoms. The van der Waals surface area contributed by atoms with Crippen LogP contribution < -0.4 is 5.56 Å². The molecule has 0 amide bonds. The van der Waals surface area contributed by atoms with Gasteiger partial charge >= 0.3 is 0 Å². The van der Waals surface area contributed by atoms with Crippen LogP contribution in [0.3, 0.4) is 0 Å².